The van der Waals surface area contributed by atoms with Crippen LogP contribution in [0.3, 0.4) is 0 Å². The van der Waals surface area contributed by atoms with Crippen LogP contribution in [0.15, 0.2) is 85.1 Å². The van der Waals surface area contributed by atoms with Gasteiger partial charge in [-0.1, -0.05) is 24.3 Å². The second-order valence-corrected chi connectivity index (χ2v) is 9.11. The zero-order valence-electron chi connectivity index (χ0n) is 20.1. The van der Waals surface area contributed by atoms with Crippen molar-refractivity contribution in [3.05, 3.63) is 108 Å². The summed E-state index contributed by atoms with van der Waals surface area (Å²) in [5, 5.41) is 6.99. The van der Waals surface area contributed by atoms with Crippen LogP contribution in [0.1, 0.15) is 34.7 Å². The van der Waals surface area contributed by atoms with Gasteiger partial charge < -0.3 is 25.3 Å². The topological polar surface area (TPSA) is 82.3 Å². The molecule has 3 N–H and O–H groups in total. The predicted molar refractivity (Wildman–Crippen MR) is 145 cm³/mol. The van der Waals surface area contributed by atoms with E-state index in [0.717, 1.165) is 28.3 Å². The number of aryl methyl sites for hydroxylation is 2. The van der Waals surface area contributed by atoms with Crippen molar-refractivity contribution in [3.63, 3.8) is 0 Å². The number of hydrogen-bond donors (Lipinski definition) is 3. The van der Waals surface area contributed by atoms with E-state index in [1.807, 2.05) is 72.8 Å². The maximum absolute atomic E-state index is 12.4. The summed E-state index contributed by atoms with van der Waals surface area (Å²) in [5.41, 5.74) is 5.88. The third-order valence-corrected chi connectivity index (χ3v) is 6.46. The highest BCUT2D eigenvalue weighted by atomic mass is 32.1. The summed E-state index contributed by atoms with van der Waals surface area (Å²) >= 11 is 5.80. The van der Waals surface area contributed by atoms with Gasteiger partial charge in [-0.2, -0.15) is 0 Å². The molecular formula is C28H27N5O2S. The van der Waals surface area contributed by atoms with E-state index in [1.54, 1.807) is 6.20 Å². The summed E-state index contributed by atoms with van der Waals surface area (Å²) in [7, 11) is 0. The maximum Gasteiger partial charge on any atom is 0.262 e. The molecule has 2 aromatic carbocycles. The van der Waals surface area contributed by atoms with E-state index in [0.29, 0.717) is 16.5 Å². The van der Waals surface area contributed by atoms with Crippen molar-refractivity contribution in [1.29, 1.82) is 0 Å². The lowest BCUT2D eigenvalue weighted by atomic mass is 9.96. The van der Waals surface area contributed by atoms with E-state index < -0.39 is 0 Å². The molecule has 3 heterocycles. The van der Waals surface area contributed by atoms with Gasteiger partial charge in [-0.25, -0.2) is 0 Å². The number of anilines is 2. The number of para-hydroxylation sites is 1. The van der Waals surface area contributed by atoms with Crippen molar-refractivity contribution in [2.75, 3.05) is 16.8 Å². The van der Waals surface area contributed by atoms with Crippen molar-refractivity contribution in [1.82, 2.24) is 15.3 Å². The van der Waals surface area contributed by atoms with Gasteiger partial charge >= 0.3 is 0 Å². The van der Waals surface area contributed by atoms with E-state index in [1.165, 1.54) is 0 Å². The fraction of sp³-hybridized carbons (Fsp3) is 0.179. The van der Waals surface area contributed by atoms with Gasteiger partial charge in [-0.3, -0.25) is 9.78 Å². The second-order valence-electron chi connectivity index (χ2n) is 8.73. The van der Waals surface area contributed by atoms with E-state index in [-0.39, 0.29) is 24.6 Å². The standard InChI is InChI=1S/C28H27N5O2S/c1-18-16-23(19(2)30-18)27-26(24-10-6-7-15-29-24)32-28(36)33(27)21-13-11-20(12-14-21)31-25(34)17-35-22-8-4-3-5-9-22/h3-16,26-27,30H,17H2,1-2H3,(H,31,34)(H,32,36)/t26-,27-/m1/s1. The number of nitrogens with zero attached hydrogens (tertiary/aromatic N) is 2. The molecule has 7 nitrogen and oxygen atoms in total. The molecular weight excluding hydrogens is 470 g/mol. The fourth-order valence-corrected chi connectivity index (χ4v) is 4.92. The quantitative estimate of drug-likeness (QED) is 0.304. The Kier molecular flexibility index (Phi) is 6.69. The lowest BCUT2D eigenvalue weighted by Crippen LogP contribution is -2.29. The molecule has 1 aliphatic rings. The van der Waals surface area contributed by atoms with Gasteiger partial charge in [0.1, 0.15) is 5.75 Å². The van der Waals surface area contributed by atoms with E-state index in [2.05, 4.69) is 45.4 Å². The number of carbonyl (C=O) groups excluding carboxylic acids is 1. The zero-order chi connectivity index (χ0) is 25.1. The zero-order valence-corrected chi connectivity index (χ0v) is 20.9. The van der Waals surface area contributed by atoms with Crippen molar-refractivity contribution in [2.24, 2.45) is 0 Å². The van der Waals surface area contributed by atoms with Crippen LogP contribution in [0.25, 0.3) is 0 Å². The van der Waals surface area contributed by atoms with Crippen LogP contribution in [0.5, 0.6) is 5.75 Å². The summed E-state index contributed by atoms with van der Waals surface area (Å²) in [6.07, 6.45) is 1.80. The summed E-state index contributed by atoms with van der Waals surface area (Å²) in [4.78, 5) is 22.5. The Bertz CT molecular complexity index is 1360. The van der Waals surface area contributed by atoms with Crippen molar-refractivity contribution in [2.45, 2.75) is 25.9 Å². The van der Waals surface area contributed by atoms with Crippen LogP contribution in [-0.2, 0) is 4.79 Å². The van der Waals surface area contributed by atoms with Crippen LogP contribution in [0.4, 0.5) is 11.4 Å². The Balaban J connectivity index is 1.36. The number of aromatic nitrogens is 2. The molecule has 0 spiro atoms. The van der Waals surface area contributed by atoms with Gasteiger partial charge in [0.05, 0.1) is 17.8 Å². The second kappa shape index (κ2) is 10.2. The first-order valence-electron chi connectivity index (χ1n) is 11.7. The highest BCUT2D eigenvalue weighted by Gasteiger charge is 2.41. The molecule has 1 saturated heterocycles. The van der Waals surface area contributed by atoms with Crippen molar-refractivity contribution in [3.8, 4) is 5.75 Å². The van der Waals surface area contributed by atoms with Gasteiger partial charge in [0.2, 0.25) is 0 Å². The lowest BCUT2D eigenvalue weighted by molar-refractivity contribution is -0.118. The van der Waals surface area contributed by atoms with Gasteiger partial charge in [-0.15, -0.1) is 0 Å². The largest absolute Gasteiger partial charge is 0.484 e. The third-order valence-electron chi connectivity index (χ3n) is 6.15. The van der Waals surface area contributed by atoms with Crippen LogP contribution >= 0.6 is 12.2 Å². The normalized spacial score (nSPS) is 17.1. The minimum absolute atomic E-state index is 0.0636. The molecule has 0 saturated carbocycles. The average Bonchev–Trinajstić information content (AvgIpc) is 3.41. The summed E-state index contributed by atoms with van der Waals surface area (Å²) < 4.78 is 5.53. The van der Waals surface area contributed by atoms with Crippen LogP contribution < -0.4 is 20.3 Å². The Morgan fingerprint density at radius 2 is 1.81 bits per heavy atom. The average molecular weight is 498 g/mol. The van der Waals surface area contributed by atoms with Crippen LogP contribution in [0, 0.1) is 13.8 Å². The number of aromatic amines is 1. The highest BCUT2D eigenvalue weighted by molar-refractivity contribution is 7.80. The van der Waals surface area contributed by atoms with Crippen LogP contribution in [0.2, 0.25) is 0 Å². The number of ether oxygens (including phenoxy) is 1. The van der Waals surface area contributed by atoms with Gasteiger partial charge in [0.15, 0.2) is 11.7 Å². The molecule has 1 fully saturated rings. The number of amides is 1. The van der Waals surface area contributed by atoms with Gasteiger partial charge in [0.25, 0.3) is 5.91 Å². The number of carbonyl (C=O) groups is 1. The van der Waals surface area contributed by atoms with E-state index >= 15 is 0 Å². The SMILES string of the molecule is Cc1cc([C@@H]2[C@@H](c3ccccn3)NC(=S)N2c2ccc(NC(=O)COc3ccccc3)cc2)c(C)[nH]1. The third kappa shape index (κ3) is 4.94. The molecule has 0 radical (unpaired) electrons. The molecule has 36 heavy (non-hydrogen) atoms. The number of nitrogens with one attached hydrogen (secondary N) is 3. The van der Waals surface area contributed by atoms with E-state index in [4.69, 9.17) is 17.0 Å². The Morgan fingerprint density at radius 3 is 2.47 bits per heavy atom. The van der Waals surface area contributed by atoms with E-state index in [9.17, 15) is 4.79 Å². The molecule has 4 aromatic rings. The Labute approximate surface area is 215 Å². The summed E-state index contributed by atoms with van der Waals surface area (Å²) in [5.74, 6) is 0.429. The monoisotopic (exact) mass is 497 g/mol. The first-order chi connectivity index (χ1) is 17.5. The van der Waals surface area contributed by atoms with Crippen molar-refractivity contribution < 1.29 is 9.53 Å². The first-order valence-corrected chi connectivity index (χ1v) is 12.1. The maximum atomic E-state index is 12.4. The fourth-order valence-electron chi connectivity index (χ4n) is 4.57. The Hall–Kier alpha value is -4.17. The molecule has 0 unspecified atom stereocenters. The number of thiocarbonyl (C=S) groups is 1. The van der Waals surface area contributed by atoms with Gasteiger partial charge in [-0.05, 0) is 86.2 Å². The predicted octanol–water partition coefficient (Wildman–Crippen LogP) is 5.22. The molecule has 0 bridgehead atoms. The molecule has 2 atom stereocenters. The van der Waals surface area contributed by atoms with Gasteiger partial charge in [0, 0.05) is 29.0 Å². The summed E-state index contributed by atoms with van der Waals surface area (Å²) in [6, 6.07) is 24.8. The molecule has 0 aliphatic carbocycles. The number of benzene rings is 2. The van der Waals surface area contributed by atoms with Crippen molar-refractivity contribution >= 4 is 34.6 Å². The summed E-state index contributed by atoms with van der Waals surface area (Å²) in [6.45, 7) is 4.07. The van der Waals surface area contributed by atoms with Crippen LogP contribution in [-0.4, -0.2) is 27.6 Å². The molecule has 2 aromatic heterocycles. The smallest absolute Gasteiger partial charge is 0.262 e. The molecule has 5 rings (SSSR count). The number of pyridine rings is 1. The molecule has 1 amide bonds. The minimum Gasteiger partial charge on any atom is -0.484 e. The molecule has 8 heteroatoms. The molecule has 182 valence electrons. The molecule has 1 aliphatic heterocycles. The number of rotatable bonds is 7. The minimum atomic E-state index is -0.225. The number of H-pyrrole nitrogens is 1. The first kappa shape index (κ1) is 23.6. The highest BCUT2D eigenvalue weighted by Crippen LogP contribution is 2.42. The lowest BCUT2D eigenvalue weighted by Gasteiger charge is -2.28. The Morgan fingerprint density at radius 1 is 1.06 bits per heavy atom. The number of hydrogen-bond acceptors (Lipinski definition) is 4.